The summed E-state index contributed by atoms with van der Waals surface area (Å²) in [6.07, 6.45) is 5.76. The summed E-state index contributed by atoms with van der Waals surface area (Å²) < 4.78 is 3.32. The number of hydrogen-bond acceptors (Lipinski definition) is 6. The van der Waals surface area contributed by atoms with Gasteiger partial charge >= 0.3 is 0 Å². The van der Waals surface area contributed by atoms with Crippen molar-refractivity contribution in [3.8, 4) is 16.9 Å². The first-order valence-electron chi connectivity index (χ1n) is 10.3. The zero-order valence-electron chi connectivity index (χ0n) is 17.2. The van der Waals surface area contributed by atoms with Crippen LogP contribution in [0.2, 0.25) is 5.02 Å². The minimum atomic E-state index is -0.265. The largest absolute Gasteiger partial charge is 0.351 e. The van der Waals surface area contributed by atoms with Crippen molar-refractivity contribution in [3.05, 3.63) is 70.2 Å². The lowest BCUT2D eigenvalue weighted by Gasteiger charge is -2.13. The van der Waals surface area contributed by atoms with Gasteiger partial charge in [0, 0.05) is 35.3 Å². The summed E-state index contributed by atoms with van der Waals surface area (Å²) in [5, 5.41) is 9.22. The molecule has 158 valence electrons. The van der Waals surface area contributed by atoms with Crippen molar-refractivity contribution in [3.63, 3.8) is 0 Å². The SMILES string of the molecule is Cn1cc2cc(-c3nc4cnc(NC5CC5)nc4n(-c4ccc(Cl)cc4)c3=O)ccc2n1. The third kappa shape index (κ3) is 3.29. The van der Waals surface area contributed by atoms with E-state index in [1.807, 2.05) is 31.4 Å². The summed E-state index contributed by atoms with van der Waals surface area (Å²) in [6, 6.07) is 13.2. The molecule has 9 heteroatoms. The minimum absolute atomic E-state index is 0.265. The summed E-state index contributed by atoms with van der Waals surface area (Å²) in [5.74, 6) is 0.494. The Bertz CT molecular complexity index is 1550. The van der Waals surface area contributed by atoms with Gasteiger partial charge in [-0.1, -0.05) is 17.7 Å². The zero-order valence-corrected chi connectivity index (χ0v) is 17.9. The van der Waals surface area contributed by atoms with Gasteiger partial charge in [0.15, 0.2) is 5.65 Å². The molecule has 0 amide bonds. The molecule has 0 bridgehead atoms. The molecule has 0 atom stereocenters. The van der Waals surface area contributed by atoms with Crippen LogP contribution in [-0.4, -0.2) is 35.3 Å². The van der Waals surface area contributed by atoms with Gasteiger partial charge in [-0.15, -0.1) is 0 Å². The number of fused-ring (bicyclic) bond motifs is 2. The van der Waals surface area contributed by atoms with Gasteiger partial charge in [-0.05, 0) is 49.2 Å². The van der Waals surface area contributed by atoms with Crippen molar-refractivity contribution in [2.75, 3.05) is 5.32 Å². The molecule has 2 aromatic carbocycles. The number of anilines is 1. The van der Waals surface area contributed by atoms with Crippen LogP contribution in [0.1, 0.15) is 12.8 Å². The fourth-order valence-electron chi connectivity index (χ4n) is 3.77. The van der Waals surface area contributed by atoms with Crippen LogP contribution in [0.5, 0.6) is 0 Å². The van der Waals surface area contributed by atoms with Crippen LogP contribution < -0.4 is 10.9 Å². The van der Waals surface area contributed by atoms with Crippen LogP contribution in [0.3, 0.4) is 0 Å². The Kier molecular flexibility index (Phi) is 4.22. The number of nitrogens with one attached hydrogen (secondary N) is 1. The molecular formula is C23H18ClN7O. The first kappa shape index (κ1) is 18.9. The Balaban J connectivity index is 1.61. The Morgan fingerprint density at radius 3 is 2.66 bits per heavy atom. The van der Waals surface area contributed by atoms with Gasteiger partial charge in [-0.2, -0.15) is 10.1 Å². The van der Waals surface area contributed by atoms with E-state index in [0.29, 0.717) is 45.1 Å². The minimum Gasteiger partial charge on any atom is -0.351 e. The van der Waals surface area contributed by atoms with Crippen molar-refractivity contribution < 1.29 is 0 Å². The van der Waals surface area contributed by atoms with E-state index >= 15 is 0 Å². The summed E-state index contributed by atoms with van der Waals surface area (Å²) in [5.41, 5.74) is 3.26. The van der Waals surface area contributed by atoms with Crippen molar-refractivity contribution >= 4 is 39.6 Å². The second-order valence-electron chi connectivity index (χ2n) is 7.97. The molecule has 0 unspecified atom stereocenters. The highest BCUT2D eigenvalue weighted by molar-refractivity contribution is 6.30. The first-order chi connectivity index (χ1) is 15.5. The third-order valence-electron chi connectivity index (χ3n) is 5.49. The highest BCUT2D eigenvalue weighted by Crippen LogP contribution is 2.26. The average Bonchev–Trinajstić information content (AvgIpc) is 3.51. The maximum Gasteiger partial charge on any atom is 0.283 e. The standard InChI is InChI=1S/C23H18ClN7O/c1-30-12-14-10-13(2-9-18(14)29-30)20-22(32)31(17-7-3-15(24)4-8-17)21-19(27-20)11-25-23(28-21)26-16-5-6-16/h2-4,7-12,16H,5-6H2,1H3,(H,25,26,28). The second kappa shape index (κ2) is 7.13. The normalized spacial score (nSPS) is 13.7. The van der Waals surface area contributed by atoms with Gasteiger partial charge in [0.25, 0.3) is 5.56 Å². The fourth-order valence-corrected chi connectivity index (χ4v) is 3.90. The molecule has 3 heterocycles. The van der Waals surface area contributed by atoms with Crippen molar-refractivity contribution in [1.29, 1.82) is 0 Å². The Labute approximate surface area is 187 Å². The van der Waals surface area contributed by atoms with Gasteiger partial charge in [-0.3, -0.25) is 14.0 Å². The van der Waals surface area contributed by atoms with Gasteiger partial charge in [0.1, 0.15) is 11.2 Å². The lowest BCUT2D eigenvalue weighted by Crippen LogP contribution is -2.23. The molecule has 1 N–H and O–H groups in total. The van der Waals surface area contributed by atoms with E-state index in [4.69, 9.17) is 11.6 Å². The third-order valence-corrected chi connectivity index (χ3v) is 5.74. The lowest BCUT2D eigenvalue weighted by molar-refractivity contribution is 0.780. The molecule has 3 aromatic heterocycles. The molecule has 1 fully saturated rings. The Morgan fingerprint density at radius 2 is 1.88 bits per heavy atom. The molecule has 1 aliphatic rings. The summed E-state index contributed by atoms with van der Waals surface area (Å²) >= 11 is 6.09. The molecule has 1 saturated carbocycles. The highest BCUT2D eigenvalue weighted by atomic mass is 35.5. The number of aromatic nitrogens is 6. The summed E-state index contributed by atoms with van der Waals surface area (Å²) in [4.78, 5) is 27.4. The van der Waals surface area contributed by atoms with E-state index in [2.05, 4.69) is 25.4 Å². The summed E-state index contributed by atoms with van der Waals surface area (Å²) in [6.45, 7) is 0. The van der Waals surface area contributed by atoms with Crippen LogP contribution in [-0.2, 0) is 7.05 Å². The van der Waals surface area contributed by atoms with Crippen LogP contribution in [0.15, 0.2) is 59.7 Å². The first-order valence-corrected chi connectivity index (χ1v) is 10.7. The maximum absolute atomic E-state index is 13.7. The molecule has 32 heavy (non-hydrogen) atoms. The Morgan fingerprint density at radius 1 is 1.06 bits per heavy atom. The van der Waals surface area contributed by atoms with Crippen LogP contribution in [0.4, 0.5) is 5.95 Å². The van der Waals surface area contributed by atoms with E-state index < -0.39 is 0 Å². The number of rotatable bonds is 4. The van der Waals surface area contributed by atoms with Crippen LogP contribution >= 0.6 is 11.6 Å². The molecule has 5 aromatic rings. The highest BCUT2D eigenvalue weighted by Gasteiger charge is 2.23. The predicted octanol–water partition coefficient (Wildman–Crippen LogP) is 3.96. The Hall–Kier alpha value is -3.78. The van der Waals surface area contributed by atoms with Crippen molar-refractivity contribution in [2.24, 2.45) is 7.05 Å². The average molecular weight is 444 g/mol. The van der Waals surface area contributed by atoms with E-state index in [-0.39, 0.29) is 5.56 Å². The van der Waals surface area contributed by atoms with Crippen LogP contribution in [0, 0.1) is 0 Å². The second-order valence-corrected chi connectivity index (χ2v) is 8.41. The van der Waals surface area contributed by atoms with E-state index in [0.717, 1.165) is 23.7 Å². The zero-order chi connectivity index (χ0) is 21.8. The molecule has 6 rings (SSSR count). The molecule has 0 radical (unpaired) electrons. The van der Waals surface area contributed by atoms with E-state index in [9.17, 15) is 4.79 Å². The predicted molar refractivity (Wildman–Crippen MR) is 124 cm³/mol. The van der Waals surface area contributed by atoms with E-state index in [1.54, 1.807) is 39.7 Å². The lowest BCUT2D eigenvalue weighted by atomic mass is 10.1. The molecular weight excluding hydrogens is 426 g/mol. The molecule has 1 aliphatic carbocycles. The topological polar surface area (TPSA) is 90.5 Å². The summed E-state index contributed by atoms with van der Waals surface area (Å²) in [7, 11) is 1.87. The molecule has 8 nitrogen and oxygen atoms in total. The number of nitrogens with zero attached hydrogens (tertiary/aromatic N) is 6. The van der Waals surface area contributed by atoms with E-state index in [1.165, 1.54) is 0 Å². The van der Waals surface area contributed by atoms with Gasteiger partial charge in [-0.25, -0.2) is 9.97 Å². The van der Waals surface area contributed by atoms with Gasteiger partial charge < -0.3 is 5.32 Å². The maximum atomic E-state index is 13.7. The molecule has 0 saturated heterocycles. The molecule has 0 aliphatic heterocycles. The monoisotopic (exact) mass is 443 g/mol. The number of halogens is 1. The molecule has 0 spiro atoms. The van der Waals surface area contributed by atoms with Gasteiger partial charge in [0.2, 0.25) is 5.95 Å². The van der Waals surface area contributed by atoms with Crippen molar-refractivity contribution in [1.82, 2.24) is 29.3 Å². The number of aryl methyl sites for hydroxylation is 1. The fraction of sp³-hybridized carbons (Fsp3) is 0.174. The quantitative estimate of drug-likeness (QED) is 0.452. The number of hydrogen-bond donors (Lipinski definition) is 1. The van der Waals surface area contributed by atoms with Crippen LogP contribution in [0.25, 0.3) is 39.0 Å². The number of benzene rings is 2. The van der Waals surface area contributed by atoms with Gasteiger partial charge in [0.05, 0.1) is 17.4 Å². The van der Waals surface area contributed by atoms with Crippen molar-refractivity contribution in [2.45, 2.75) is 18.9 Å². The smallest absolute Gasteiger partial charge is 0.283 e.